The first-order valence-electron chi connectivity index (χ1n) is 4.71. The van der Waals surface area contributed by atoms with E-state index in [1.54, 1.807) is 0 Å². The van der Waals surface area contributed by atoms with Crippen LogP contribution in [0.2, 0.25) is 0 Å². The second-order valence-corrected chi connectivity index (χ2v) is 3.57. The molecule has 0 aliphatic carbocycles. The summed E-state index contributed by atoms with van der Waals surface area (Å²) in [5.41, 5.74) is -1.54. The first-order chi connectivity index (χ1) is 8.01. The third-order valence-corrected chi connectivity index (χ3v) is 2.46. The highest BCUT2D eigenvalue weighted by molar-refractivity contribution is 9.08. The molecule has 0 bridgehead atoms. The molecule has 0 amide bonds. The van der Waals surface area contributed by atoms with Crippen molar-refractivity contribution in [3.63, 3.8) is 0 Å². The molecule has 94 valence electrons. The second-order valence-electron chi connectivity index (χ2n) is 3.01. The van der Waals surface area contributed by atoms with Crippen LogP contribution < -0.4 is 0 Å². The van der Waals surface area contributed by atoms with Crippen molar-refractivity contribution in [3.05, 3.63) is 28.8 Å². The van der Waals surface area contributed by atoms with Gasteiger partial charge in [-0.2, -0.15) is 0 Å². The van der Waals surface area contributed by atoms with Gasteiger partial charge in [-0.25, -0.2) is 22.9 Å². The number of halogens is 4. The predicted molar refractivity (Wildman–Crippen MR) is 57.7 cm³/mol. The summed E-state index contributed by atoms with van der Waals surface area (Å²) in [6.45, 7) is 1.52. The number of esters is 1. The number of rotatable bonds is 4. The Morgan fingerprint density at radius 2 is 2.24 bits per heavy atom. The Labute approximate surface area is 104 Å². The lowest BCUT2D eigenvalue weighted by molar-refractivity contribution is 0.0505. The zero-order chi connectivity index (χ0) is 13.0. The summed E-state index contributed by atoms with van der Waals surface area (Å²) in [5, 5.41) is 0.153. The van der Waals surface area contributed by atoms with Gasteiger partial charge in [-0.3, -0.25) is 0 Å². The van der Waals surface area contributed by atoms with Gasteiger partial charge in [0.05, 0.1) is 17.9 Å². The summed E-state index contributed by atoms with van der Waals surface area (Å²) in [5.74, 6) is -2.21. The number of alkyl halides is 3. The standard InChI is InChI=1S/C10H9BrF3NO2/c1-2-17-10(16)8-7(9(13)14)6(12)3-5(4-11)15-8/h3,9H,2,4H2,1H3. The fraction of sp³-hybridized carbons (Fsp3) is 0.400. The minimum absolute atomic E-state index is 0.00332. The van der Waals surface area contributed by atoms with Crippen molar-refractivity contribution in [1.82, 2.24) is 4.98 Å². The van der Waals surface area contributed by atoms with E-state index in [-0.39, 0.29) is 17.6 Å². The van der Waals surface area contributed by atoms with Crippen LogP contribution in [0.25, 0.3) is 0 Å². The van der Waals surface area contributed by atoms with E-state index in [0.29, 0.717) is 0 Å². The summed E-state index contributed by atoms with van der Waals surface area (Å²) in [4.78, 5) is 15.0. The predicted octanol–water partition coefficient (Wildman–Crippen LogP) is 3.23. The first-order valence-corrected chi connectivity index (χ1v) is 5.83. The molecule has 7 heteroatoms. The molecule has 1 heterocycles. The van der Waals surface area contributed by atoms with Crippen LogP contribution >= 0.6 is 15.9 Å². The maximum atomic E-state index is 13.4. The molecule has 1 rings (SSSR count). The topological polar surface area (TPSA) is 39.2 Å². The molecule has 0 aliphatic rings. The van der Waals surface area contributed by atoms with Crippen LogP contribution in [0.3, 0.4) is 0 Å². The quantitative estimate of drug-likeness (QED) is 0.633. The monoisotopic (exact) mass is 311 g/mol. The molecule has 3 nitrogen and oxygen atoms in total. The van der Waals surface area contributed by atoms with Gasteiger partial charge in [-0.15, -0.1) is 0 Å². The second kappa shape index (κ2) is 6.00. The maximum Gasteiger partial charge on any atom is 0.357 e. The molecule has 0 fully saturated rings. The van der Waals surface area contributed by atoms with E-state index in [2.05, 4.69) is 25.7 Å². The van der Waals surface area contributed by atoms with Crippen LogP contribution in [0, 0.1) is 5.82 Å². The Bertz CT molecular complexity index is 426. The van der Waals surface area contributed by atoms with Crippen molar-refractivity contribution in [2.45, 2.75) is 18.7 Å². The lowest BCUT2D eigenvalue weighted by Crippen LogP contribution is -2.14. The van der Waals surface area contributed by atoms with E-state index in [1.165, 1.54) is 6.92 Å². The number of carbonyl (C=O) groups excluding carboxylic acids is 1. The van der Waals surface area contributed by atoms with Crippen molar-refractivity contribution >= 4 is 21.9 Å². The fourth-order valence-corrected chi connectivity index (χ4v) is 1.49. The molecule has 0 aromatic carbocycles. The Morgan fingerprint density at radius 1 is 1.59 bits per heavy atom. The largest absolute Gasteiger partial charge is 0.461 e. The highest BCUT2D eigenvalue weighted by Crippen LogP contribution is 2.26. The minimum atomic E-state index is -3.12. The Hall–Kier alpha value is -1.11. The zero-order valence-corrected chi connectivity index (χ0v) is 10.4. The van der Waals surface area contributed by atoms with E-state index in [9.17, 15) is 18.0 Å². The summed E-state index contributed by atoms with van der Waals surface area (Å²) >= 11 is 3.01. The summed E-state index contributed by atoms with van der Waals surface area (Å²) in [6.07, 6.45) is -3.12. The van der Waals surface area contributed by atoms with Crippen LogP contribution in [0.4, 0.5) is 13.2 Å². The number of carbonyl (C=O) groups is 1. The first kappa shape index (κ1) is 14.0. The molecule has 1 aromatic heterocycles. The lowest BCUT2D eigenvalue weighted by atomic mass is 10.1. The van der Waals surface area contributed by atoms with Crippen molar-refractivity contribution in [3.8, 4) is 0 Å². The van der Waals surface area contributed by atoms with E-state index in [4.69, 9.17) is 0 Å². The molecule has 0 spiro atoms. The van der Waals surface area contributed by atoms with Crippen molar-refractivity contribution < 1.29 is 22.7 Å². The van der Waals surface area contributed by atoms with Gasteiger partial charge < -0.3 is 4.74 Å². The van der Waals surface area contributed by atoms with Crippen LogP contribution in [-0.4, -0.2) is 17.6 Å². The third-order valence-electron chi connectivity index (χ3n) is 1.89. The van der Waals surface area contributed by atoms with Gasteiger partial charge in [-0.1, -0.05) is 15.9 Å². The van der Waals surface area contributed by atoms with Gasteiger partial charge in [0.1, 0.15) is 5.82 Å². The lowest BCUT2D eigenvalue weighted by Gasteiger charge is -2.09. The highest BCUT2D eigenvalue weighted by Gasteiger charge is 2.26. The third kappa shape index (κ3) is 3.18. The zero-order valence-electron chi connectivity index (χ0n) is 8.84. The van der Waals surface area contributed by atoms with Gasteiger partial charge in [-0.05, 0) is 13.0 Å². The summed E-state index contributed by atoms with van der Waals surface area (Å²) in [7, 11) is 0. The van der Waals surface area contributed by atoms with Crippen molar-refractivity contribution in [1.29, 1.82) is 0 Å². The summed E-state index contributed by atoms with van der Waals surface area (Å²) in [6, 6.07) is 0.860. The number of pyridine rings is 1. The van der Waals surface area contributed by atoms with Crippen molar-refractivity contribution in [2.24, 2.45) is 0 Å². The van der Waals surface area contributed by atoms with Gasteiger partial charge in [0.25, 0.3) is 6.43 Å². The van der Waals surface area contributed by atoms with Crippen LogP contribution in [-0.2, 0) is 10.1 Å². The minimum Gasteiger partial charge on any atom is -0.461 e. The summed E-state index contributed by atoms with van der Waals surface area (Å²) < 4.78 is 43.2. The van der Waals surface area contributed by atoms with E-state index < -0.39 is 29.5 Å². The SMILES string of the molecule is CCOC(=O)c1nc(CBr)cc(F)c1C(F)F. The molecule has 0 unspecified atom stereocenters. The molecule has 0 atom stereocenters. The number of aromatic nitrogens is 1. The average molecular weight is 312 g/mol. The molecule has 17 heavy (non-hydrogen) atoms. The molecule has 0 radical (unpaired) electrons. The van der Waals surface area contributed by atoms with Gasteiger partial charge in [0.15, 0.2) is 5.69 Å². The van der Waals surface area contributed by atoms with E-state index in [1.807, 2.05) is 0 Å². The van der Waals surface area contributed by atoms with E-state index >= 15 is 0 Å². The van der Waals surface area contributed by atoms with E-state index in [0.717, 1.165) is 6.07 Å². The normalized spacial score (nSPS) is 10.7. The van der Waals surface area contributed by atoms with Crippen LogP contribution in [0.15, 0.2) is 6.07 Å². The molecular weight excluding hydrogens is 303 g/mol. The number of hydrogen-bond acceptors (Lipinski definition) is 3. The van der Waals surface area contributed by atoms with Crippen LogP contribution in [0.5, 0.6) is 0 Å². The van der Waals surface area contributed by atoms with Crippen LogP contribution in [0.1, 0.15) is 35.1 Å². The molecular formula is C10H9BrF3NO2. The Morgan fingerprint density at radius 3 is 2.71 bits per heavy atom. The molecule has 0 saturated carbocycles. The molecule has 0 saturated heterocycles. The fourth-order valence-electron chi connectivity index (χ4n) is 1.20. The molecule has 0 N–H and O–H groups in total. The van der Waals surface area contributed by atoms with Gasteiger partial charge in [0, 0.05) is 5.33 Å². The van der Waals surface area contributed by atoms with Gasteiger partial charge >= 0.3 is 5.97 Å². The molecule has 1 aromatic rings. The number of ether oxygens (including phenoxy) is 1. The number of hydrogen-bond donors (Lipinski definition) is 0. The average Bonchev–Trinajstić information content (AvgIpc) is 2.27. The van der Waals surface area contributed by atoms with Gasteiger partial charge in [0.2, 0.25) is 0 Å². The smallest absolute Gasteiger partial charge is 0.357 e. The number of nitrogens with zero attached hydrogens (tertiary/aromatic N) is 1. The maximum absolute atomic E-state index is 13.4. The molecule has 0 aliphatic heterocycles. The van der Waals surface area contributed by atoms with Crippen molar-refractivity contribution in [2.75, 3.05) is 6.61 Å². The Balaban J connectivity index is 3.32. The Kier molecular flexibility index (Phi) is 4.92. The highest BCUT2D eigenvalue weighted by atomic mass is 79.9.